The third-order valence-corrected chi connectivity index (χ3v) is 5.97. The molecule has 2 heterocycles. The SMILES string of the molecule is NCC1CCCCC1NS(=O)(=O)c1cnc2n1CCC2. The molecule has 1 fully saturated rings. The molecular formula is C13H22N4O2S. The Labute approximate surface area is 119 Å². The minimum atomic E-state index is -3.49. The van der Waals surface area contributed by atoms with Gasteiger partial charge in [0.05, 0.1) is 6.20 Å². The molecule has 0 spiro atoms. The van der Waals surface area contributed by atoms with E-state index < -0.39 is 10.0 Å². The van der Waals surface area contributed by atoms with Gasteiger partial charge in [-0.15, -0.1) is 0 Å². The number of nitrogens with zero attached hydrogens (tertiary/aromatic N) is 2. The van der Waals surface area contributed by atoms with Crippen LogP contribution in [0, 0.1) is 5.92 Å². The first-order valence-electron chi connectivity index (χ1n) is 7.38. The standard InChI is InChI=1S/C13H22N4O2S/c14-8-10-4-1-2-5-11(10)16-20(18,19)13-9-15-12-6-3-7-17(12)13/h9-11,16H,1-8,14H2. The normalized spacial score (nSPS) is 26.6. The summed E-state index contributed by atoms with van der Waals surface area (Å²) in [6.45, 7) is 1.29. The van der Waals surface area contributed by atoms with Crippen LogP contribution in [0.4, 0.5) is 0 Å². The highest BCUT2D eigenvalue weighted by Gasteiger charge is 2.31. The van der Waals surface area contributed by atoms with Gasteiger partial charge < -0.3 is 10.3 Å². The number of hydrogen-bond donors (Lipinski definition) is 2. The third-order valence-electron chi connectivity index (χ3n) is 4.48. The zero-order valence-corrected chi connectivity index (χ0v) is 12.4. The average molecular weight is 298 g/mol. The summed E-state index contributed by atoms with van der Waals surface area (Å²) in [5.74, 6) is 1.13. The maximum absolute atomic E-state index is 12.6. The van der Waals surface area contributed by atoms with E-state index in [1.54, 1.807) is 0 Å². The lowest BCUT2D eigenvalue weighted by molar-refractivity contribution is 0.295. The third kappa shape index (κ3) is 2.49. The Morgan fingerprint density at radius 3 is 2.95 bits per heavy atom. The van der Waals surface area contributed by atoms with Crippen LogP contribution in [0.25, 0.3) is 0 Å². The van der Waals surface area contributed by atoms with E-state index in [0.717, 1.165) is 50.9 Å². The van der Waals surface area contributed by atoms with Crippen molar-refractivity contribution >= 4 is 10.0 Å². The van der Waals surface area contributed by atoms with Gasteiger partial charge in [0, 0.05) is 19.0 Å². The highest BCUT2D eigenvalue weighted by molar-refractivity contribution is 7.89. The molecule has 0 amide bonds. The molecule has 2 unspecified atom stereocenters. The van der Waals surface area contributed by atoms with E-state index in [9.17, 15) is 8.42 Å². The van der Waals surface area contributed by atoms with Gasteiger partial charge in [-0.3, -0.25) is 0 Å². The fraction of sp³-hybridized carbons (Fsp3) is 0.769. The minimum Gasteiger partial charge on any atom is -0.330 e. The van der Waals surface area contributed by atoms with Crippen LogP contribution in [0.2, 0.25) is 0 Å². The largest absolute Gasteiger partial charge is 0.330 e. The molecule has 2 atom stereocenters. The number of fused-ring (bicyclic) bond motifs is 1. The minimum absolute atomic E-state index is 0.0358. The van der Waals surface area contributed by atoms with Gasteiger partial charge in [0.1, 0.15) is 5.82 Å². The molecule has 0 radical (unpaired) electrons. The van der Waals surface area contributed by atoms with Crippen molar-refractivity contribution in [2.45, 2.75) is 56.1 Å². The van der Waals surface area contributed by atoms with Crippen LogP contribution < -0.4 is 10.5 Å². The van der Waals surface area contributed by atoms with Gasteiger partial charge in [-0.25, -0.2) is 18.1 Å². The van der Waals surface area contributed by atoms with Crippen LogP contribution in [0.5, 0.6) is 0 Å². The van der Waals surface area contributed by atoms with Crippen molar-refractivity contribution in [1.82, 2.24) is 14.3 Å². The molecule has 3 rings (SSSR count). The molecule has 2 aliphatic rings. The van der Waals surface area contributed by atoms with Gasteiger partial charge in [-0.2, -0.15) is 0 Å². The fourth-order valence-corrected chi connectivity index (χ4v) is 4.86. The summed E-state index contributed by atoms with van der Waals surface area (Å²) in [5.41, 5.74) is 5.77. The van der Waals surface area contributed by atoms with Crippen molar-refractivity contribution in [2.75, 3.05) is 6.54 Å². The van der Waals surface area contributed by atoms with Crippen LogP contribution in [0.3, 0.4) is 0 Å². The van der Waals surface area contributed by atoms with Crippen molar-refractivity contribution in [2.24, 2.45) is 11.7 Å². The Morgan fingerprint density at radius 2 is 2.15 bits per heavy atom. The number of imidazole rings is 1. The van der Waals surface area contributed by atoms with Crippen LogP contribution >= 0.6 is 0 Å². The van der Waals surface area contributed by atoms with E-state index in [1.165, 1.54) is 6.20 Å². The average Bonchev–Trinajstić information content (AvgIpc) is 3.00. The van der Waals surface area contributed by atoms with Crippen LogP contribution in [-0.4, -0.2) is 30.6 Å². The predicted molar refractivity (Wildman–Crippen MR) is 75.7 cm³/mol. The molecule has 0 saturated heterocycles. The van der Waals surface area contributed by atoms with Crippen LogP contribution in [0.15, 0.2) is 11.2 Å². The van der Waals surface area contributed by atoms with E-state index in [4.69, 9.17) is 5.73 Å². The van der Waals surface area contributed by atoms with Gasteiger partial charge in [-0.1, -0.05) is 12.8 Å². The van der Waals surface area contributed by atoms with Gasteiger partial charge in [0.2, 0.25) is 0 Å². The summed E-state index contributed by atoms with van der Waals surface area (Å²) in [7, 11) is -3.49. The first-order chi connectivity index (χ1) is 9.62. The van der Waals surface area contributed by atoms with Crippen molar-refractivity contribution in [3.63, 3.8) is 0 Å². The second-order valence-corrected chi connectivity index (χ2v) is 7.44. The maximum Gasteiger partial charge on any atom is 0.258 e. The Hall–Kier alpha value is -0.920. The first kappa shape index (κ1) is 14.0. The summed E-state index contributed by atoms with van der Waals surface area (Å²) in [6.07, 6.45) is 7.41. The van der Waals surface area contributed by atoms with Crippen LogP contribution in [-0.2, 0) is 23.0 Å². The number of sulfonamides is 1. The lowest BCUT2D eigenvalue weighted by Crippen LogP contribution is -2.45. The Morgan fingerprint density at radius 1 is 1.35 bits per heavy atom. The summed E-state index contributed by atoms with van der Waals surface area (Å²) in [6, 6.07) is -0.0358. The summed E-state index contributed by atoms with van der Waals surface area (Å²) < 4.78 is 29.8. The molecule has 3 N–H and O–H groups in total. The van der Waals surface area contributed by atoms with Crippen molar-refractivity contribution < 1.29 is 8.42 Å². The van der Waals surface area contributed by atoms with Gasteiger partial charge >= 0.3 is 0 Å². The molecule has 1 aromatic rings. The Kier molecular flexibility index (Phi) is 3.83. The second kappa shape index (κ2) is 5.46. The predicted octanol–water partition coefficient (Wildman–Crippen LogP) is 0.625. The Balaban J connectivity index is 1.81. The molecule has 20 heavy (non-hydrogen) atoms. The van der Waals surface area contributed by atoms with Gasteiger partial charge in [-0.05, 0) is 31.7 Å². The molecule has 6 nitrogen and oxygen atoms in total. The van der Waals surface area contributed by atoms with Crippen molar-refractivity contribution in [3.8, 4) is 0 Å². The highest BCUT2D eigenvalue weighted by atomic mass is 32.2. The van der Waals surface area contributed by atoms with E-state index in [1.807, 2.05) is 4.57 Å². The lowest BCUT2D eigenvalue weighted by Gasteiger charge is -2.31. The number of aromatic nitrogens is 2. The van der Waals surface area contributed by atoms with Gasteiger partial charge in [0.15, 0.2) is 5.03 Å². The summed E-state index contributed by atoms with van der Waals surface area (Å²) >= 11 is 0. The molecule has 1 saturated carbocycles. The van der Waals surface area contributed by atoms with Crippen molar-refractivity contribution in [3.05, 3.63) is 12.0 Å². The number of rotatable bonds is 4. The van der Waals surface area contributed by atoms with E-state index in [0.29, 0.717) is 11.6 Å². The molecule has 1 aliphatic carbocycles. The molecule has 0 aromatic carbocycles. The quantitative estimate of drug-likeness (QED) is 0.853. The second-order valence-electron chi connectivity index (χ2n) is 5.78. The zero-order chi connectivity index (χ0) is 14.2. The van der Waals surface area contributed by atoms with Gasteiger partial charge in [0.25, 0.3) is 10.0 Å². The van der Waals surface area contributed by atoms with E-state index >= 15 is 0 Å². The number of nitrogens with one attached hydrogen (secondary N) is 1. The number of nitrogens with two attached hydrogens (primary N) is 1. The highest BCUT2D eigenvalue weighted by Crippen LogP contribution is 2.26. The monoisotopic (exact) mass is 298 g/mol. The zero-order valence-electron chi connectivity index (χ0n) is 11.6. The fourth-order valence-electron chi connectivity index (χ4n) is 3.35. The molecule has 0 bridgehead atoms. The smallest absolute Gasteiger partial charge is 0.258 e. The Bertz CT molecular complexity index is 581. The number of hydrogen-bond acceptors (Lipinski definition) is 4. The maximum atomic E-state index is 12.6. The lowest BCUT2D eigenvalue weighted by atomic mass is 9.85. The van der Waals surface area contributed by atoms with Crippen molar-refractivity contribution in [1.29, 1.82) is 0 Å². The number of aryl methyl sites for hydroxylation is 1. The molecule has 112 valence electrons. The summed E-state index contributed by atoms with van der Waals surface area (Å²) in [5, 5.41) is 0.311. The molecule has 7 heteroatoms. The first-order valence-corrected chi connectivity index (χ1v) is 8.87. The topological polar surface area (TPSA) is 90.0 Å². The molecule has 1 aromatic heterocycles. The van der Waals surface area contributed by atoms with E-state index in [-0.39, 0.29) is 12.0 Å². The molecule has 1 aliphatic heterocycles. The van der Waals surface area contributed by atoms with E-state index in [2.05, 4.69) is 9.71 Å². The van der Waals surface area contributed by atoms with Crippen LogP contribution in [0.1, 0.15) is 37.9 Å². The molecular weight excluding hydrogens is 276 g/mol. The summed E-state index contributed by atoms with van der Waals surface area (Å²) in [4.78, 5) is 4.21.